The number of phenolic OH excluding ortho intramolecular Hbond substituents is 1. The second-order valence-corrected chi connectivity index (χ2v) is 9.77. The number of hydrogen-bond donors (Lipinski definition) is 2. The molecule has 0 aliphatic carbocycles. The van der Waals surface area contributed by atoms with Crippen LogP contribution in [0.5, 0.6) is 5.75 Å². The van der Waals surface area contributed by atoms with Crippen molar-refractivity contribution in [1.29, 1.82) is 0 Å². The lowest BCUT2D eigenvalue weighted by Gasteiger charge is -2.36. The molecule has 2 saturated heterocycles. The first-order valence-electron chi connectivity index (χ1n) is 12.4. The maximum absolute atomic E-state index is 12.9. The van der Waals surface area contributed by atoms with Crippen LogP contribution in [0.25, 0.3) is 11.4 Å². The Morgan fingerprint density at radius 2 is 1.73 bits per heavy atom. The van der Waals surface area contributed by atoms with Crippen LogP contribution in [0.1, 0.15) is 6.42 Å². The van der Waals surface area contributed by atoms with E-state index < -0.39 is 0 Å². The van der Waals surface area contributed by atoms with Gasteiger partial charge in [0.05, 0.1) is 17.5 Å². The molecule has 0 bridgehead atoms. The molecule has 1 unspecified atom stereocenters. The van der Waals surface area contributed by atoms with Gasteiger partial charge in [0.15, 0.2) is 5.82 Å². The van der Waals surface area contributed by atoms with Crippen LogP contribution in [0.4, 0.5) is 11.4 Å². The third-order valence-electron chi connectivity index (χ3n) is 6.91. The highest BCUT2D eigenvalue weighted by molar-refractivity contribution is 6.32. The molecule has 2 fully saturated rings. The molecule has 2 aliphatic rings. The summed E-state index contributed by atoms with van der Waals surface area (Å²) in [5.41, 5.74) is 2.64. The number of nitrogens with zero attached hydrogens (tertiary/aromatic N) is 5. The van der Waals surface area contributed by atoms with Crippen molar-refractivity contribution in [3.8, 4) is 17.1 Å². The molecule has 0 saturated carbocycles. The number of aromatic nitrogens is 2. The van der Waals surface area contributed by atoms with Crippen molar-refractivity contribution in [2.45, 2.75) is 6.42 Å². The van der Waals surface area contributed by atoms with Crippen molar-refractivity contribution in [2.75, 3.05) is 56.0 Å². The average molecular weight is 521 g/mol. The molecule has 2 aliphatic heterocycles. The molecule has 37 heavy (non-hydrogen) atoms. The van der Waals surface area contributed by atoms with Gasteiger partial charge < -0.3 is 20.2 Å². The fourth-order valence-electron chi connectivity index (χ4n) is 4.79. The van der Waals surface area contributed by atoms with Crippen LogP contribution >= 0.6 is 11.6 Å². The summed E-state index contributed by atoms with van der Waals surface area (Å²) >= 11 is 5.93. The number of halogens is 1. The third kappa shape index (κ3) is 6.00. The van der Waals surface area contributed by atoms with Gasteiger partial charge in [-0.1, -0.05) is 11.6 Å². The second-order valence-electron chi connectivity index (χ2n) is 9.36. The van der Waals surface area contributed by atoms with Crippen molar-refractivity contribution >= 4 is 34.8 Å². The number of carbonyl (C=O) groups is 2. The molecular formula is C27H29ClN6O3. The van der Waals surface area contributed by atoms with Gasteiger partial charge in [-0.05, 0) is 61.5 Å². The first-order chi connectivity index (χ1) is 18.0. The number of anilines is 2. The summed E-state index contributed by atoms with van der Waals surface area (Å²) in [6.45, 7) is 4.45. The van der Waals surface area contributed by atoms with Gasteiger partial charge in [-0.15, -0.1) is 0 Å². The Bertz CT molecular complexity index is 1250. The minimum absolute atomic E-state index is 0.0258. The number of piperazine rings is 1. The van der Waals surface area contributed by atoms with E-state index in [9.17, 15) is 14.7 Å². The zero-order valence-electron chi connectivity index (χ0n) is 20.4. The molecule has 0 radical (unpaired) electrons. The number of aromatic hydroxyl groups is 1. The van der Waals surface area contributed by atoms with Crippen molar-refractivity contribution in [3.63, 3.8) is 0 Å². The summed E-state index contributed by atoms with van der Waals surface area (Å²) in [5, 5.41) is 12.6. The summed E-state index contributed by atoms with van der Waals surface area (Å²) in [6, 6.07) is 14.6. The molecule has 1 aromatic heterocycles. The topological polar surface area (TPSA) is 102 Å². The van der Waals surface area contributed by atoms with E-state index in [1.807, 2.05) is 21.9 Å². The van der Waals surface area contributed by atoms with Gasteiger partial charge in [-0.3, -0.25) is 14.5 Å². The summed E-state index contributed by atoms with van der Waals surface area (Å²) < 4.78 is 0. The van der Waals surface area contributed by atoms with Crippen molar-refractivity contribution in [2.24, 2.45) is 5.92 Å². The van der Waals surface area contributed by atoms with E-state index in [4.69, 9.17) is 11.6 Å². The largest absolute Gasteiger partial charge is 0.506 e. The van der Waals surface area contributed by atoms with Gasteiger partial charge in [-0.25, -0.2) is 9.97 Å². The number of nitrogens with one attached hydrogen (secondary N) is 1. The predicted molar refractivity (Wildman–Crippen MR) is 143 cm³/mol. The van der Waals surface area contributed by atoms with Crippen LogP contribution in [0.15, 0.2) is 60.9 Å². The highest BCUT2D eigenvalue weighted by atomic mass is 35.5. The fourth-order valence-corrected chi connectivity index (χ4v) is 4.97. The smallest absolute Gasteiger partial charge is 0.236 e. The Morgan fingerprint density at radius 1 is 1.00 bits per heavy atom. The lowest BCUT2D eigenvalue weighted by molar-refractivity contribution is -0.132. The summed E-state index contributed by atoms with van der Waals surface area (Å²) in [5.74, 6) is 0.484. The molecule has 192 valence electrons. The van der Waals surface area contributed by atoms with Crippen molar-refractivity contribution < 1.29 is 14.7 Å². The van der Waals surface area contributed by atoms with E-state index in [1.165, 1.54) is 12.1 Å². The van der Waals surface area contributed by atoms with Gasteiger partial charge in [0.1, 0.15) is 5.75 Å². The quantitative estimate of drug-likeness (QED) is 0.481. The molecule has 2 amide bonds. The van der Waals surface area contributed by atoms with Crippen LogP contribution < -0.4 is 10.2 Å². The van der Waals surface area contributed by atoms with E-state index in [0.717, 1.165) is 24.3 Å². The van der Waals surface area contributed by atoms with Crippen LogP contribution in [0.2, 0.25) is 5.02 Å². The van der Waals surface area contributed by atoms with Gasteiger partial charge in [0.25, 0.3) is 0 Å². The Kier molecular flexibility index (Phi) is 7.52. The maximum atomic E-state index is 12.9. The molecule has 9 nitrogen and oxygen atoms in total. The number of rotatable bonds is 6. The lowest BCUT2D eigenvalue weighted by Crippen LogP contribution is -2.51. The van der Waals surface area contributed by atoms with E-state index in [2.05, 4.69) is 32.3 Å². The van der Waals surface area contributed by atoms with E-state index >= 15 is 0 Å². The van der Waals surface area contributed by atoms with Gasteiger partial charge in [0.2, 0.25) is 11.8 Å². The highest BCUT2D eigenvalue weighted by Gasteiger charge is 2.31. The first kappa shape index (κ1) is 25.0. The maximum Gasteiger partial charge on any atom is 0.236 e. The van der Waals surface area contributed by atoms with E-state index in [-0.39, 0.29) is 28.5 Å². The van der Waals surface area contributed by atoms with Crippen LogP contribution in [0.3, 0.4) is 0 Å². The van der Waals surface area contributed by atoms with Crippen molar-refractivity contribution in [1.82, 2.24) is 19.8 Å². The zero-order chi connectivity index (χ0) is 25.8. The Hall–Kier alpha value is -3.69. The summed E-state index contributed by atoms with van der Waals surface area (Å²) in [6.07, 6.45) is 4.16. The number of carbonyl (C=O) groups excluding carboxylic acids is 2. The van der Waals surface area contributed by atoms with E-state index in [1.54, 1.807) is 24.5 Å². The molecule has 1 atom stereocenters. The highest BCUT2D eigenvalue weighted by Crippen LogP contribution is 2.27. The Morgan fingerprint density at radius 3 is 2.43 bits per heavy atom. The molecule has 5 rings (SSSR count). The lowest BCUT2D eigenvalue weighted by atomic mass is 10.1. The summed E-state index contributed by atoms with van der Waals surface area (Å²) in [4.78, 5) is 40.4. The third-order valence-corrected chi connectivity index (χ3v) is 7.21. The predicted octanol–water partition coefficient (Wildman–Crippen LogP) is 3.11. The number of likely N-dealkylation sites (tertiary alicyclic amines) is 1. The molecule has 3 heterocycles. The van der Waals surface area contributed by atoms with Crippen LogP contribution in [-0.2, 0) is 9.59 Å². The number of phenols is 1. The second kappa shape index (κ2) is 11.1. The minimum Gasteiger partial charge on any atom is -0.506 e. The Balaban J connectivity index is 1.07. The molecule has 10 heteroatoms. The summed E-state index contributed by atoms with van der Waals surface area (Å²) in [7, 11) is 0. The fraction of sp³-hybridized carbons (Fsp3) is 0.333. The molecular weight excluding hydrogens is 492 g/mol. The van der Waals surface area contributed by atoms with Crippen LogP contribution in [0, 0.1) is 5.92 Å². The van der Waals surface area contributed by atoms with Crippen LogP contribution in [-0.4, -0.2) is 82.5 Å². The van der Waals surface area contributed by atoms with Gasteiger partial charge >= 0.3 is 0 Å². The standard InChI is InChI=1S/C27H29ClN6O3/c28-23-16-21(4-7-24(23)35)31-27(37)20-8-11-32(17-20)18-25(36)34-14-12-33(13-15-34)22-5-2-19(3-6-22)26-29-9-1-10-30-26/h1-7,9-10,16,20,35H,8,11-15,17-18H2,(H,31,37). The number of hydrogen-bond acceptors (Lipinski definition) is 7. The SMILES string of the molecule is O=C(Nc1ccc(O)c(Cl)c1)C1CCN(CC(=O)N2CCN(c3ccc(-c4ncccn4)cc3)CC2)C1. The zero-order valence-corrected chi connectivity index (χ0v) is 21.1. The van der Waals surface area contributed by atoms with Gasteiger partial charge in [0, 0.05) is 62.1 Å². The van der Waals surface area contributed by atoms with E-state index in [0.29, 0.717) is 50.7 Å². The molecule has 2 aromatic carbocycles. The normalized spacial score (nSPS) is 18.1. The molecule has 0 spiro atoms. The average Bonchev–Trinajstić information content (AvgIpc) is 3.40. The molecule has 3 aromatic rings. The monoisotopic (exact) mass is 520 g/mol. The van der Waals surface area contributed by atoms with Gasteiger partial charge in [-0.2, -0.15) is 0 Å². The first-order valence-corrected chi connectivity index (χ1v) is 12.8. The number of amides is 2. The molecule has 2 N–H and O–H groups in total. The minimum atomic E-state index is -0.193. The van der Waals surface area contributed by atoms with Crippen molar-refractivity contribution in [3.05, 3.63) is 65.9 Å². The number of benzene rings is 2. The Labute approximate surface area is 220 Å².